The third kappa shape index (κ3) is 8.05. The molecule has 1 unspecified atom stereocenters. The van der Waals surface area contributed by atoms with E-state index in [0.717, 1.165) is 0 Å². The van der Waals surface area contributed by atoms with Gasteiger partial charge < -0.3 is 32.1 Å². The summed E-state index contributed by atoms with van der Waals surface area (Å²) in [6, 6.07) is -1.93. The van der Waals surface area contributed by atoms with Crippen LogP contribution < -0.4 is 16.8 Å². The molecule has 0 aromatic heterocycles. The monoisotopic (exact) mass is 291 g/mol. The van der Waals surface area contributed by atoms with Crippen LogP contribution >= 0.6 is 0 Å². The fourth-order valence-electron chi connectivity index (χ4n) is 1.73. The molecule has 0 aliphatic rings. The molecular weight excluding hydrogens is 266 g/mol. The van der Waals surface area contributed by atoms with Gasteiger partial charge in [0, 0.05) is 12.6 Å². The summed E-state index contributed by atoms with van der Waals surface area (Å²) in [6.45, 7) is 1.86. The summed E-state index contributed by atoms with van der Waals surface area (Å²) in [6.07, 6.45) is 0.553. The van der Waals surface area contributed by atoms with Crippen molar-refractivity contribution in [1.82, 2.24) is 5.32 Å². The van der Waals surface area contributed by atoms with Crippen LogP contribution in [0.5, 0.6) is 0 Å². The van der Waals surface area contributed by atoms with Crippen LogP contribution in [-0.4, -0.2) is 58.0 Å². The molecule has 0 rings (SSSR count). The first-order valence-corrected chi connectivity index (χ1v) is 6.63. The number of rotatable bonds is 11. The van der Waals surface area contributed by atoms with Gasteiger partial charge in [-0.1, -0.05) is 0 Å². The fraction of sp³-hybridized carbons (Fsp3) is 0.833. The summed E-state index contributed by atoms with van der Waals surface area (Å²) in [5.74, 6) is -2.08. The standard InChI is InChI=1S/C12H25N3O5/c1-7(2-4-9(14)11(17)18)15-10(12(19)20)5-3-8(16)6-13/h7-10,15-16H,2-6,13-14H2,1H3,(H,17,18)(H,19,20)/t7?,8-,9+,10+/m1/s1. The van der Waals surface area contributed by atoms with E-state index in [9.17, 15) is 14.7 Å². The van der Waals surface area contributed by atoms with Crippen LogP contribution in [0.4, 0.5) is 0 Å². The van der Waals surface area contributed by atoms with Crippen molar-refractivity contribution in [3.8, 4) is 0 Å². The number of aliphatic carboxylic acids is 2. The van der Waals surface area contributed by atoms with E-state index in [0.29, 0.717) is 12.8 Å². The second kappa shape index (κ2) is 9.65. The third-order valence-corrected chi connectivity index (χ3v) is 3.07. The molecule has 0 bridgehead atoms. The Morgan fingerprint density at radius 3 is 2.15 bits per heavy atom. The van der Waals surface area contributed by atoms with E-state index in [2.05, 4.69) is 5.32 Å². The molecule has 20 heavy (non-hydrogen) atoms. The second-order valence-corrected chi connectivity index (χ2v) is 4.95. The van der Waals surface area contributed by atoms with Crippen molar-refractivity contribution in [1.29, 1.82) is 0 Å². The van der Waals surface area contributed by atoms with Crippen molar-refractivity contribution in [3.63, 3.8) is 0 Å². The molecule has 0 aliphatic heterocycles. The topological polar surface area (TPSA) is 159 Å². The Kier molecular flexibility index (Phi) is 9.06. The Balaban J connectivity index is 4.17. The summed E-state index contributed by atoms with van der Waals surface area (Å²) < 4.78 is 0. The first-order valence-electron chi connectivity index (χ1n) is 6.63. The van der Waals surface area contributed by atoms with Crippen molar-refractivity contribution in [2.45, 2.75) is 56.8 Å². The number of carbonyl (C=O) groups is 2. The average molecular weight is 291 g/mol. The highest BCUT2D eigenvalue weighted by molar-refractivity contribution is 5.73. The number of hydrogen-bond acceptors (Lipinski definition) is 6. The highest BCUT2D eigenvalue weighted by Gasteiger charge is 2.21. The molecule has 0 radical (unpaired) electrons. The number of aliphatic hydroxyl groups excluding tert-OH is 1. The zero-order valence-corrected chi connectivity index (χ0v) is 11.7. The summed E-state index contributed by atoms with van der Waals surface area (Å²) in [7, 11) is 0. The van der Waals surface area contributed by atoms with Crippen LogP contribution in [0, 0.1) is 0 Å². The smallest absolute Gasteiger partial charge is 0.320 e. The van der Waals surface area contributed by atoms with Gasteiger partial charge in [0.1, 0.15) is 12.1 Å². The lowest BCUT2D eigenvalue weighted by Crippen LogP contribution is -2.43. The van der Waals surface area contributed by atoms with Gasteiger partial charge in [0.25, 0.3) is 0 Å². The molecule has 0 saturated carbocycles. The molecule has 118 valence electrons. The van der Waals surface area contributed by atoms with Crippen LogP contribution in [-0.2, 0) is 9.59 Å². The summed E-state index contributed by atoms with van der Waals surface area (Å²) in [4.78, 5) is 21.7. The Hall–Kier alpha value is -1.22. The second-order valence-electron chi connectivity index (χ2n) is 4.95. The summed E-state index contributed by atoms with van der Waals surface area (Å²) in [5.41, 5.74) is 10.6. The lowest BCUT2D eigenvalue weighted by molar-refractivity contribution is -0.140. The van der Waals surface area contributed by atoms with Gasteiger partial charge >= 0.3 is 11.9 Å². The molecule has 0 aliphatic carbocycles. The lowest BCUT2D eigenvalue weighted by Gasteiger charge is -2.21. The molecule has 0 fully saturated rings. The van der Waals surface area contributed by atoms with Crippen LogP contribution in [0.3, 0.4) is 0 Å². The zero-order chi connectivity index (χ0) is 15.7. The van der Waals surface area contributed by atoms with Gasteiger partial charge in [-0.15, -0.1) is 0 Å². The quantitative estimate of drug-likeness (QED) is 0.274. The highest BCUT2D eigenvalue weighted by atomic mass is 16.4. The molecule has 8 nitrogen and oxygen atoms in total. The van der Waals surface area contributed by atoms with Crippen molar-refractivity contribution < 1.29 is 24.9 Å². The molecule has 0 spiro atoms. The minimum absolute atomic E-state index is 0.0926. The molecule has 0 saturated heterocycles. The Labute approximate surface area is 118 Å². The summed E-state index contributed by atoms with van der Waals surface area (Å²) in [5, 5.41) is 30.0. The van der Waals surface area contributed by atoms with Gasteiger partial charge in [0.2, 0.25) is 0 Å². The number of nitrogens with two attached hydrogens (primary N) is 2. The molecule has 4 atom stereocenters. The van der Waals surface area contributed by atoms with E-state index in [1.807, 2.05) is 0 Å². The fourth-order valence-corrected chi connectivity index (χ4v) is 1.73. The molecule has 0 amide bonds. The number of carboxylic acid groups (broad SMARTS) is 2. The van der Waals surface area contributed by atoms with Gasteiger partial charge in [-0.3, -0.25) is 9.59 Å². The van der Waals surface area contributed by atoms with Crippen LogP contribution in [0.1, 0.15) is 32.6 Å². The normalized spacial score (nSPS) is 17.2. The first kappa shape index (κ1) is 18.8. The number of carboxylic acids is 2. The van der Waals surface area contributed by atoms with E-state index in [1.54, 1.807) is 6.92 Å². The molecule has 8 N–H and O–H groups in total. The van der Waals surface area contributed by atoms with E-state index < -0.39 is 30.1 Å². The molecular formula is C12H25N3O5. The maximum absolute atomic E-state index is 11.1. The van der Waals surface area contributed by atoms with Gasteiger partial charge in [0.05, 0.1) is 6.10 Å². The van der Waals surface area contributed by atoms with Crippen molar-refractivity contribution >= 4 is 11.9 Å². The maximum atomic E-state index is 11.1. The Morgan fingerprint density at radius 2 is 1.70 bits per heavy atom. The van der Waals surface area contributed by atoms with E-state index in [4.69, 9.17) is 21.7 Å². The first-order chi connectivity index (χ1) is 9.27. The van der Waals surface area contributed by atoms with Crippen molar-refractivity contribution in [2.24, 2.45) is 11.5 Å². The van der Waals surface area contributed by atoms with Gasteiger partial charge in [0.15, 0.2) is 0 Å². The van der Waals surface area contributed by atoms with E-state index in [-0.39, 0.29) is 25.4 Å². The summed E-state index contributed by atoms with van der Waals surface area (Å²) >= 11 is 0. The van der Waals surface area contributed by atoms with Gasteiger partial charge in [-0.2, -0.15) is 0 Å². The van der Waals surface area contributed by atoms with Gasteiger partial charge in [-0.25, -0.2) is 0 Å². The predicted octanol–water partition coefficient (Wildman–Crippen LogP) is -1.29. The lowest BCUT2D eigenvalue weighted by atomic mass is 10.0. The molecule has 0 heterocycles. The highest BCUT2D eigenvalue weighted by Crippen LogP contribution is 2.06. The predicted molar refractivity (Wildman–Crippen MR) is 73.2 cm³/mol. The third-order valence-electron chi connectivity index (χ3n) is 3.07. The Morgan fingerprint density at radius 1 is 1.10 bits per heavy atom. The molecule has 0 aromatic rings. The SMILES string of the molecule is CC(CC[C@H](N)C(=O)O)N[C@@H](CC[C@@H](O)CN)C(=O)O. The Bertz CT molecular complexity index is 313. The van der Waals surface area contributed by atoms with Crippen molar-refractivity contribution in [3.05, 3.63) is 0 Å². The minimum Gasteiger partial charge on any atom is -0.480 e. The zero-order valence-electron chi connectivity index (χ0n) is 11.7. The van der Waals surface area contributed by atoms with Crippen LogP contribution in [0.25, 0.3) is 0 Å². The van der Waals surface area contributed by atoms with Crippen LogP contribution in [0.2, 0.25) is 0 Å². The van der Waals surface area contributed by atoms with E-state index in [1.165, 1.54) is 0 Å². The van der Waals surface area contributed by atoms with Gasteiger partial charge in [-0.05, 0) is 32.6 Å². The maximum Gasteiger partial charge on any atom is 0.320 e. The van der Waals surface area contributed by atoms with Crippen LogP contribution in [0.15, 0.2) is 0 Å². The minimum atomic E-state index is -1.07. The number of hydrogen-bond donors (Lipinski definition) is 6. The number of nitrogens with one attached hydrogen (secondary N) is 1. The molecule has 0 aromatic carbocycles. The largest absolute Gasteiger partial charge is 0.480 e. The van der Waals surface area contributed by atoms with E-state index >= 15 is 0 Å². The average Bonchev–Trinajstić information content (AvgIpc) is 2.39. The van der Waals surface area contributed by atoms with Crippen molar-refractivity contribution in [2.75, 3.05) is 6.54 Å². The molecule has 8 heteroatoms. The number of aliphatic hydroxyl groups is 1.